The molecule has 2 amide bonds. The Morgan fingerprint density at radius 2 is 1.64 bits per heavy atom. The van der Waals surface area contributed by atoms with Gasteiger partial charge >= 0.3 is 0 Å². The van der Waals surface area contributed by atoms with Crippen LogP contribution in [-0.2, 0) is 9.59 Å². The molecule has 8 heteroatoms. The maximum Gasteiger partial charge on any atom is 0.247 e. The van der Waals surface area contributed by atoms with Crippen LogP contribution < -0.4 is 5.32 Å². The number of benzene rings is 3. The molecule has 3 aromatic carbocycles. The summed E-state index contributed by atoms with van der Waals surface area (Å²) >= 11 is 7.23. The van der Waals surface area contributed by atoms with Gasteiger partial charge in [0.25, 0.3) is 0 Å². The molecule has 0 aliphatic rings. The van der Waals surface area contributed by atoms with Crippen LogP contribution in [0.5, 0.6) is 0 Å². The normalized spacial score (nSPS) is 11.8. The molecule has 0 spiro atoms. The van der Waals surface area contributed by atoms with Crippen molar-refractivity contribution < 1.29 is 9.59 Å². The molecule has 0 aliphatic heterocycles. The minimum Gasteiger partial charge on any atom is -0.332 e. The van der Waals surface area contributed by atoms with Crippen LogP contribution in [0, 0.1) is 0 Å². The fourth-order valence-electron chi connectivity index (χ4n) is 3.62. The zero-order chi connectivity index (χ0) is 25.3. The zero-order valence-electron chi connectivity index (χ0n) is 19.7. The second kappa shape index (κ2) is 12.2. The van der Waals surface area contributed by atoms with Crippen LogP contribution in [0.4, 0.5) is 5.13 Å². The Labute approximate surface area is 219 Å². The van der Waals surface area contributed by atoms with Crippen molar-refractivity contribution in [3.05, 3.63) is 107 Å². The van der Waals surface area contributed by atoms with Crippen LogP contribution in [0.15, 0.2) is 91.0 Å². The molecular formula is C28H25ClN4O2S. The Hall–Kier alpha value is -3.81. The van der Waals surface area contributed by atoms with E-state index in [-0.39, 0.29) is 30.8 Å². The summed E-state index contributed by atoms with van der Waals surface area (Å²) in [6.07, 6.45) is 3.46. The molecule has 4 aromatic rings. The monoisotopic (exact) mass is 516 g/mol. The van der Waals surface area contributed by atoms with Crippen molar-refractivity contribution in [2.24, 2.45) is 0 Å². The predicted molar refractivity (Wildman–Crippen MR) is 146 cm³/mol. The van der Waals surface area contributed by atoms with Crippen LogP contribution in [0.3, 0.4) is 0 Å². The standard InChI is InChI=1S/C28H25ClN4O2S/c1-20(22-10-6-3-7-11-22)33(26(35)17-12-21-8-4-2-5-9-21)19-18-25(34)30-28-32-31-27(36-28)23-13-15-24(29)16-14-23/h2-17,20H,18-19H2,1H3,(H,30,32,34)/b17-12+. The van der Waals surface area contributed by atoms with Gasteiger partial charge in [0.1, 0.15) is 5.01 Å². The van der Waals surface area contributed by atoms with Crippen molar-refractivity contribution in [2.75, 3.05) is 11.9 Å². The Bertz CT molecular complexity index is 1320. The SMILES string of the molecule is CC(c1ccccc1)N(CCC(=O)Nc1nnc(-c2ccc(Cl)cc2)s1)C(=O)/C=C/c1ccccc1. The number of nitrogens with zero attached hydrogens (tertiary/aromatic N) is 3. The molecule has 0 aliphatic carbocycles. The molecule has 0 bridgehead atoms. The average molecular weight is 517 g/mol. The molecule has 1 N–H and O–H groups in total. The number of hydrogen-bond donors (Lipinski definition) is 1. The van der Waals surface area contributed by atoms with E-state index in [9.17, 15) is 9.59 Å². The number of carbonyl (C=O) groups excluding carboxylic acids is 2. The van der Waals surface area contributed by atoms with Gasteiger partial charge < -0.3 is 10.2 Å². The second-order valence-corrected chi connectivity index (χ2v) is 9.49. The first-order chi connectivity index (χ1) is 17.5. The first kappa shape index (κ1) is 25.3. The first-order valence-corrected chi connectivity index (χ1v) is 12.7. The van der Waals surface area contributed by atoms with Crippen molar-refractivity contribution >= 4 is 46.0 Å². The number of carbonyl (C=O) groups is 2. The molecule has 36 heavy (non-hydrogen) atoms. The van der Waals surface area contributed by atoms with Crippen molar-refractivity contribution in [1.82, 2.24) is 15.1 Å². The van der Waals surface area contributed by atoms with Crippen molar-refractivity contribution in [1.29, 1.82) is 0 Å². The summed E-state index contributed by atoms with van der Waals surface area (Å²) in [4.78, 5) is 27.6. The highest BCUT2D eigenvalue weighted by molar-refractivity contribution is 7.18. The van der Waals surface area contributed by atoms with Gasteiger partial charge in [0.15, 0.2) is 0 Å². The van der Waals surface area contributed by atoms with E-state index in [4.69, 9.17) is 11.6 Å². The highest BCUT2D eigenvalue weighted by atomic mass is 35.5. The number of aromatic nitrogens is 2. The number of amides is 2. The van der Waals surface area contributed by atoms with E-state index < -0.39 is 0 Å². The van der Waals surface area contributed by atoms with Gasteiger partial charge in [0.05, 0.1) is 6.04 Å². The number of nitrogens with one attached hydrogen (secondary N) is 1. The van der Waals surface area contributed by atoms with E-state index >= 15 is 0 Å². The van der Waals surface area contributed by atoms with E-state index in [0.29, 0.717) is 15.2 Å². The third kappa shape index (κ3) is 6.87. The van der Waals surface area contributed by atoms with Gasteiger partial charge in [-0.3, -0.25) is 9.59 Å². The molecule has 1 aromatic heterocycles. The molecule has 0 saturated carbocycles. The highest BCUT2D eigenvalue weighted by Crippen LogP contribution is 2.27. The topological polar surface area (TPSA) is 75.2 Å². The van der Waals surface area contributed by atoms with Gasteiger partial charge in [0, 0.05) is 29.6 Å². The zero-order valence-corrected chi connectivity index (χ0v) is 21.2. The minimum atomic E-state index is -0.237. The van der Waals surface area contributed by atoms with E-state index in [0.717, 1.165) is 16.7 Å². The molecule has 0 fully saturated rings. The summed E-state index contributed by atoms with van der Waals surface area (Å²) < 4.78 is 0. The van der Waals surface area contributed by atoms with Gasteiger partial charge in [-0.25, -0.2) is 0 Å². The number of rotatable bonds is 9. The average Bonchev–Trinajstić information content (AvgIpc) is 3.37. The van der Waals surface area contributed by atoms with Gasteiger partial charge in [0.2, 0.25) is 16.9 Å². The summed E-state index contributed by atoms with van der Waals surface area (Å²) in [5.74, 6) is -0.400. The predicted octanol–water partition coefficient (Wildman–Crippen LogP) is 6.49. The maximum atomic E-state index is 13.2. The number of hydrogen-bond acceptors (Lipinski definition) is 5. The van der Waals surface area contributed by atoms with Crippen molar-refractivity contribution in [3.63, 3.8) is 0 Å². The van der Waals surface area contributed by atoms with Crippen molar-refractivity contribution in [2.45, 2.75) is 19.4 Å². The van der Waals surface area contributed by atoms with E-state index in [1.165, 1.54) is 11.3 Å². The lowest BCUT2D eigenvalue weighted by molar-refractivity contribution is -0.128. The van der Waals surface area contributed by atoms with E-state index in [1.54, 1.807) is 29.2 Å². The summed E-state index contributed by atoms with van der Waals surface area (Å²) in [6, 6.07) is 26.5. The Balaban J connectivity index is 1.42. The van der Waals surface area contributed by atoms with E-state index in [1.807, 2.05) is 79.7 Å². The third-order valence-electron chi connectivity index (χ3n) is 5.59. The molecule has 0 saturated heterocycles. The lowest BCUT2D eigenvalue weighted by atomic mass is 10.1. The molecule has 182 valence electrons. The molecule has 1 unspecified atom stereocenters. The maximum absolute atomic E-state index is 13.2. The van der Waals surface area contributed by atoms with Gasteiger partial charge in [-0.15, -0.1) is 10.2 Å². The highest BCUT2D eigenvalue weighted by Gasteiger charge is 2.21. The molecule has 4 rings (SSSR count). The first-order valence-electron chi connectivity index (χ1n) is 11.5. The summed E-state index contributed by atoms with van der Waals surface area (Å²) in [5.41, 5.74) is 2.80. The molecule has 0 radical (unpaired) electrons. The lowest BCUT2D eigenvalue weighted by Gasteiger charge is -2.28. The van der Waals surface area contributed by atoms with Crippen LogP contribution in [0.1, 0.15) is 30.5 Å². The van der Waals surface area contributed by atoms with Gasteiger partial charge in [-0.1, -0.05) is 95.7 Å². The van der Waals surface area contributed by atoms with Gasteiger partial charge in [-0.05, 0) is 36.3 Å². The van der Waals surface area contributed by atoms with Gasteiger partial charge in [-0.2, -0.15) is 0 Å². The van der Waals surface area contributed by atoms with Crippen LogP contribution in [0.25, 0.3) is 16.6 Å². The Morgan fingerprint density at radius 3 is 2.33 bits per heavy atom. The lowest BCUT2D eigenvalue weighted by Crippen LogP contribution is -2.35. The van der Waals surface area contributed by atoms with Crippen LogP contribution >= 0.6 is 22.9 Å². The molecule has 1 atom stereocenters. The number of anilines is 1. The summed E-state index contributed by atoms with van der Waals surface area (Å²) in [6.45, 7) is 2.22. The van der Waals surface area contributed by atoms with E-state index in [2.05, 4.69) is 15.5 Å². The van der Waals surface area contributed by atoms with Crippen LogP contribution in [0.2, 0.25) is 5.02 Å². The smallest absolute Gasteiger partial charge is 0.247 e. The van der Waals surface area contributed by atoms with Crippen molar-refractivity contribution in [3.8, 4) is 10.6 Å². The van der Waals surface area contributed by atoms with Crippen LogP contribution in [-0.4, -0.2) is 33.5 Å². The summed E-state index contributed by atoms with van der Waals surface area (Å²) in [7, 11) is 0. The fraction of sp³-hybridized carbons (Fsp3) is 0.143. The minimum absolute atomic E-state index is 0.123. The quantitative estimate of drug-likeness (QED) is 0.258. The third-order valence-corrected chi connectivity index (χ3v) is 6.73. The Morgan fingerprint density at radius 1 is 0.972 bits per heavy atom. The molecular weight excluding hydrogens is 492 g/mol. The number of halogens is 1. The molecule has 6 nitrogen and oxygen atoms in total. The Kier molecular flexibility index (Phi) is 8.60. The summed E-state index contributed by atoms with van der Waals surface area (Å²) in [5, 5.41) is 12.8. The fourth-order valence-corrected chi connectivity index (χ4v) is 4.51. The second-order valence-electron chi connectivity index (χ2n) is 8.08. The molecule has 1 heterocycles. The largest absolute Gasteiger partial charge is 0.332 e.